The van der Waals surface area contributed by atoms with E-state index in [0.717, 1.165) is 12.8 Å². The van der Waals surface area contributed by atoms with Crippen LogP contribution in [0, 0.1) is 0 Å². The summed E-state index contributed by atoms with van der Waals surface area (Å²) in [6.07, 6.45) is 1.77. The highest BCUT2D eigenvalue weighted by atomic mass is 16.6. The molecular formula is C7H11NO2. The fourth-order valence-corrected chi connectivity index (χ4v) is 0.582. The van der Waals surface area contributed by atoms with Crippen LogP contribution < -0.4 is 5.32 Å². The van der Waals surface area contributed by atoms with E-state index in [1.165, 1.54) is 0 Å². The van der Waals surface area contributed by atoms with Crippen molar-refractivity contribution in [2.24, 2.45) is 0 Å². The van der Waals surface area contributed by atoms with Crippen LogP contribution in [0.4, 0.5) is 4.79 Å². The summed E-state index contributed by atoms with van der Waals surface area (Å²) in [4.78, 5) is 10.7. The number of alkyl carbamates (subject to hydrolysis) is 1. The summed E-state index contributed by atoms with van der Waals surface area (Å²) in [6, 6.07) is 0.354. The number of carbonyl (C=O) groups is 1. The van der Waals surface area contributed by atoms with E-state index in [0.29, 0.717) is 11.8 Å². The van der Waals surface area contributed by atoms with Gasteiger partial charge in [-0.3, -0.25) is 0 Å². The van der Waals surface area contributed by atoms with Gasteiger partial charge in [-0.05, 0) is 19.8 Å². The second kappa shape index (κ2) is 2.73. The Morgan fingerprint density at radius 3 is 2.70 bits per heavy atom. The maximum absolute atomic E-state index is 10.7. The number of rotatable bonds is 2. The minimum atomic E-state index is -0.380. The van der Waals surface area contributed by atoms with Gasteiger partial charge in [0.2, 0.25) is 0 Å². The number of hydrogen-bond donors (Lipinski definition) is 1. The van der Waals surface area contributed by atoms with Gasteiger partial charge in [0.05, 0.1) is 5.76 Å². The van der Waals surface area contributed by atoms with Gasteiger partial charge in [-0.2, -0.15) is 0 Å². The zero-order valence-electron chi connectivity index (χ0n) is 6.02. The molecule has 1 aliphatic rings. The smallest absolute Gasteiger partial charge is 0.412 e. The third-order valence-electron chi connectivity index (χ3n) is 1.17. The molecule has 0 aromatic rings. The van der Waals surface area contributed by atoms with Gasteiger partial charge in [-0.25, -0.2) is 4.79 Å². The maximum atomic E-state index is 10.7. The van der Waals surface area contributed by atoms with Gasteiger partial charge < -0.3 is 10.1 Å². The van der Waals surface area contributed by atoms with E-state index in [2.05, 4.69) is 16.6 Å². The molecule has 0 aromatic carbocycles. The lowest BCUT2D eigenvalue weighted by Gasteiger charge is -2.02. The van der Waals surface area contributed by atoms with Gasteiger partial charge in [-0.1, -0.05) is 6.58 Å². The molecule has 0 aromatic heterocycles. The molecule has 0 spiro atoms. The van der Waals surface area contributed by atoms with E-state index in [-0.39, 0.29) is 6.09 Å². The van der Waals surface area contributed by atoms with E-state index in [9.17, 15) is 4.79 Å². The molecule has 3 heteroatoms. The van der Waals surface area contributed by atoms with Gasteiger partial charge in [0.1, 0.15) is 0 Å². The van der Waals surface area contributed by atoms with Crippen molar-refractivity contribution in [3.63, 3.8) is 0 Å². The van der Waals surface area contributed by atoms with Crippen LogP contribution in [0.5, 0.6) is 0 Å². The van der Waals surface area contributed by atoms with E-state index in [4.69, 9.17) is 0 Å². The quantitative estimate of drug-likeness (QED) is 0.590. The Labute approximate surface area is 60.1 Å². The van der Waals surface area contributed by atoms with Gasteiger partial charge >= 0.3 is 6.09 Å². The second-order valence-corrected chi connectivity index (χ2v) is 2.51. The first kappa shape index (κ1) is 7.12. The molecule has 1 rings (SSSR count). The van der Waals surface area contributed by atoms with Crippen LogP contribution in [0.3, 0.4) is 0 Å². The van der Waals surface area contributed by atoms with Crippen LogP contribution in [0.1, 0.15) is 19.8 Å². The monoisotopic (exact) mass is 141 g/mol. The van der Waals surface area contributed by atoms with Crippen molar-refractivity contribution in [2.45, 2.75) is 25.8 Å². The van der Waals surface area contributed by atoms with E-state index >= 15 is 0 Å². The lowest BCUT2D eigenvalue weighted by molar-refractivity contribution is 0.176. The van der Waals surface area contributed by atoms with Crippen LogP contribution >= 0.6 is 0 Å². The molecule has 0 unspecified atom stereocenters. The molecule has 0 aliphatic heterocycles. The molecule has 0 saturated heterocycles. The number of amides is 1. The van der Waals surface area contributed by atoms with Gasteiger partial charge in [0.15, 0.2) is 0 Å². The van der Waals surface area contributed by atoms with Crippen molar-refractivity contribution >= 4 is 6.09 Å². The molecule has 1 aliphatic carbocycles. The van der Waals surface area contributed by atoms with E-state index in [1.807, 2.05) is 0 Å². The predicted octanol–water partition coefficient (Wildman–Crippen LogP) is 1.41. The van der Waals surface area contributed by atoms with Crippen molar-refractivity contribution in [2.75, 3.05) is 0 Å². The summed E-state index contributed by atoms with van der Waals surface area (Å²) in [7, 11) is 0. The average molecular weight is 141 g/mol. The highest BCUT2D eigenvalue weighted by Crippen LogP contribution is 2.18. The summed E-state index contributed by atoms with van der Waals surface area (Å²) >= 11 is 0. The zero-order valence-corrected chi connectivity index (χ0v) is 6.02. The largest absolute Gasteiger partial charge is 0.416 e. The summed E-state index contributed by atoms with van der Waals surface area (Å²) in [5.74, 6) is 0.429. The molecule has 56 valence electrons. The summed E-state index contributed by atoms with van der Waals surface area (Å²) < 4.78 is 4.66. The average Bonchev–Trinajstić information content (AvgIpc) is 2.46. The van der Waals surface area contributed by atoms with Crippen LogP contribution in [-0.4, -0.2) is 12.1 Å². The number of carbonyl (C=O) groups excluding carboxylic acids is 1. The fraction of sp³-hybridized carbons (Fsp3) is 0.571. The molecule has 3 nitrogen and oxygen atoms in total. The molecule has 1 saturated carbocycles. The van der Waals surface area contributed by atoms with Crippen molar-refractivity contribution < 1.29 is 9.53 Å². The number of allylic oxidation sites excluding steroid dienone is 1. The van der Waals surface area contributed by atoms with Gasteiger partial charge in [0, 0.05) is 6.04 Å². The zero-order chi connectivity index (χ0) is 7.56. The summed E-state index contributed by atoms with van der Waals surface area (Å²) in [5.41, 5.74) is 0. The lowest BCUT2D eigenvalue weighted by atomic mass is 10.6. The SMILES string of the molecule is C=C(C)OC(=O)NC1CC1. The molecule has 0 heterocycles. The highest BCUT2D eigenvalue weighted by molar-refractivity contribution is 5.69. The fourth-order valence-electron chi connectivity index (χ4n) is 0.582. The highest BCUT2D eigenvalue weighted by Gasteiger charge is 2.23. The Balaban J connectivity index is 2.14. The Morgan fingerprint density at radius 1 is 1.70 bits per heavy atom. The first-order chi connectivity index (χ1) is 4.68. The van der Waals surface area contributed by atoms with Crippen molar-refractivity contribution in [3.8, 4) is 0 Å². The topological polar surface area (TPSA) is 38.3 Å². The normalized spacial score (nSPS) is 16.1. The Hall–Kier alpha value is -0.990. The van der Waals surface area contributed by atoms with Crippen LogP contribution in [0.2, 0.25) is 0 Å². The van der Waals surface area contributed by atoms with Crippen LogP contribution in [0.15, 0.2) is 12.3 Å². The van der Waals surface area contributed by atoms with Crippen molar-refractivity contribution in [3.05, 3.63) is 12.3 Å². The molecule has 1 fully saturated rings. The molecule has 0 atom stereocenters. The predicted molar refractivity (Wildman–Crippen MR) is 37.5 cm³/mol. The van der Waals surface area contributed by atoms with Gasteiger partial charge in [0.25, 0.3) is 0 Å². The lowest BCUT2D eigenvalue weighted by Crippen LogP contribution is -2.25. The summed E-state index contributed by atoms with van der Waals surface area (Å²) in [6.45, 7) is 5.09. The third-order valence-corrected chi connectivity index (χ3v) is 1.17. The number of hydrogen-bond acceptors (Lipinski definition) is 2. The maximum Gasteiger partial charge on any atom is 0.412 e. The third kappa shape index (κ3) is 2.53. The Morgan fingerprint density at radius 2 is 2.30 bits per heavy atom. The molecule has 0 bridgehead atoms. The van der Waals surface area contributed by atoms with Crippen LogP contribution in [0.25, 0.3) is 0 Å². The van der Waals surface area contributed by atoms with Crippen molar-refractivity contribution in [1.29, 1.82) is 0 Å². The number of ether oxygens (including phenoxy) is 1. The van der Waals surface area contributed by atoms with E-state index in [1.54, 1.807) is 6.92 Å². The van der Waals surface area contributed by atoms with E-state index < -0.39 is 0 Å². The second-order valence-electron chi connectivity index (χ2n) is 2.51. The minimum absolute atomic E-state index is 0.354. The number of nitrogens with one attached hydrogen (secondary N) is 1. The molecule has 1 amide bonds. The first-order valence-electron chi connectivity index (χ1n) is 3.32. The molecule has 1 N–H and O–H groups in total. The molecular weight excluding hydrogens is 130 g/mol. The molecule has 0 radical (unpaired) electrons. The Bertz CT molecular complexity index is 161. The Kier molecular flexibility index (Phi) is 1.94. The minimum Gasteiger partial charge on any atom is -0.416 e. The first-order valence-corrected chi connectivity index (χ1v) is 3.32. The van der Waals surface area contributed by atoms with Gasteiger partial charge in [-0.15, -0.1) is 0 Å². The summed E-state index contributed by atoms with van der Waals surface area (Å²) in [5, 5.41) is 2.66. The van der Waals surface area contributed by atoms with Crippen LogP contribution in [-0.2, 0) is 4.74 Å². The van der Waals surface area contributed by atoms with Crippen molar-refractivity contribution in [1.82, 2.24) is 5.32 Å². The molecule has 10 heavy (non-hydrogen) atoms. The standard InChI is InChI=1S/C7H11NO2/c1-5(2)10-7(9)8-6-3-4-6/h6H,1,3-4H2,2H3,(H,8,9).